The van der Waals surface area contributed by atoms with Gasteiger partial charge in [-0.2, -0.15) is 4.31 Å². The lowest BCUT2D eigenvalue weighted by Gasteiger charge is -2.23. The molecule has 1 aromatic carbocycles. The SMILES string of the molecule is COCC(C)N(C)S(=O)(=O)c1ccc(NN)cc1. The number of nitrogen functional groups attached to an aromatic ring is 1. The molecule has 0 saturated carbocycles. The van der Waals surface area contributed by atoms with Crippen molar-refractivity contribution in [1.29, 1.82) is 0 Å². The number of nitrogens with one attached hydrogen (secondary N) is 1. The minimum absolute atomic E-state index is 0.229. The smallest absolute Gasteiger partial charge is 0.243 e. The Hall–Kier alpha value is -1.15. The Morgan fingerprint density at radius 1 is 1.39 bits per heavy atom. The summed E-state index contributed by atoms with van der Waals surface area (Å²) in [5.41, 5.74) is 3.10. The number of nitrogens with zero attached hydrogens (tertiary/aromatic N) is 1. The molecule has 0 spiro atoms. The number of ether oxygens (including phenoxy) is 1. The molecule has 0 aliphatic heterocycles. The Balaban J connectivity index is 2.97. The van der Waals surface area contributed by atoms with E-state index in [0.29, 0.717) is 12.3 Å². The fourth-order valence-electron chi connectivity index (χ4n) is 1.47. The van der Waals surface area contributed by atoms with Crippen molar-refractivity contribution in [3.8, 4) is 0 Å². The molecule has 0 aliphatic carbocycles. The van der Waals surface area contributed by atoms with Crippen molar-refractivity contribution in [2.45, 2.75) is 17.9 Å². The molecule has 1 rings (SSSR count). The molecule has 0 fully saturated rings. The van der Waals surface area contributed by atoms with Crippen molar-refractivity contribution in [2.75, 3.05) is 26.2 Å². The molecule has 7 heteroatoms. The summed E-state index contributed by atoms with van der Waals surface area (Å²) in [7, 11) is -0.424. The molecule has 18 heavy (non-hydrogen) atoms. The number of sulfonamides is 1. The fourth-order valence-corrected chi connectivity index (χ4v) is 2.82. The normalized spacial score (nSPS) is 13.6. The topological polar surface area (TPSA) is 84.7 Å². The maximum atomic E-state index is 12.3. The van der Waals surface area contributed by atoms with E-state index >= 15 is 0 Å². The van der Waals surface area contributed by atoms with Gasteiger partial charge in [0.2, 0.25) is 10.0 Å². The fraction of sp³-hybridized carbons (Fsp3) is 0.455. The lowest BCUT2D eigenvalue weighted by atomic mass is 10.3. The lowest BCUT2D eigenvalue weighted by molar-refractivity contribution is 0.149. The van der Waals surface area contributed by atoms with Crippen molar-refractivity contribution >= 4 is 15.7 Å². The number of hydrogen-bond acceptors (Lipinski definition) is 5. The predicted molar refractivity (Wildman–Crippen MR) is 70.5 cm³/mol. The number of nitrogens with two attached hydrogens (primary N) is 1. The Morgan fingerprint density at radius 3 is 2.39 bits per heavy atom. The van der Waals surface area contributed by atoms with Crippen LogP contribution in [0.3, 0.4) is 0 Å². The van der Waals surface area contributed by atoms with Crippen LogP contribution in [0.5, 0.6) is 0 Å². The van der Waals surface area contributed by atoms with Gasteiger partial charge < -0.3 is 10.2 Å². The second-order valence-electron chi connectivity index (χ2n) is 3.99. The first-order chi connectivity index (χ1) is 8.43. The van der Waals surface area contributed by atoms with Crippen LogP contribution in [0.25, 0.3) is 0 Å². The van der Waals surface area contributed by atoms with Crippen molar-refractivity contribution < 1.29 is 13.2 Å². The van der Waals surface area contributed by atoms with E-state index in [1.165, 1.54) is 23.5 Å². The van der Waals surface area contributed by atoms with E-state index in [-0.39, 0.29) is 10.9 Å². The molecule has 0 aliphatic rings. The molecule has 0 radical (unpaired) electrons. The summed E-state index contributed by atoms with van der Waals surface area (Å²) in [4.78, 5) is 0.229. The summed E-state index contributed by atoms with van der Waals surface area (Å²) in [6, 6.07) is 6.03. The largest absolute Gasteiger partial charge is 0.383 e. The van der Waals surface area contributed by atoms with Gasteiger partial charge in [0.15, 0.2) is 0 Å². The highest BCUT2D eigenvalue weighted by Gasteiger charge is 2.25. The van der Waals surface area contributed by atoms with Gasteiger partial charge in [0.1, 0.15) is 0 Å². The number of methoxy groups -OCH3 is 1. The Labute approximate surface area is 108 Å². The summed E-state index contributed by atoms with van der Waals surface area (Å²) in [5, 5.41) is 0. The lowest BCUT2D eigenvalue weighted by Crippen LogP contribution is -2.37. The maximum Gasteiger partial charge on any atom is 0.243 e. The number of anilines is 1. The third-order valence-electron chi connectivity index (χ3n) is 2.73. The summed E-state index contributed by atoms with van der Waals surface area (Å²) in [5.74, 6) is 5.23. The molecule has 3 N–H and O–H groups in total. The van der Waals surface area contributed by atoms with Crippen LogP contribution in [-0.2, 0) is 14.8 Å². The van der Waals surface area contributed by atoms with E-state index in [1.807, 2.05) is 0 Å². The van der Waals surface area contributed by atoms with Gasteiger partial charge in [0.05, 0.1) is 11.5 Å². The molecule has 0 saturated heterocycles. The molecule has 1 aromatic rings. The van der Waals surface area contributed by atoms with E-state index in [2.05, 4.69) is 5.43 Å². The zero-order valence-electron chi connectivity index (χ0n) is 10.8. The van der Waals surface area contributed by atoms with E-state index in [9.17, 15) is 8.42 Å². The number of benzene rings is 1. The molecule has 0 aromatic heterocycles. The Bertz CT molecular complexity index is 473. The first-order valence-corrected chi connectivity index (χ1v) is 6.91. The van der Waals surface area contributed by atoms with Gasteiger partial charge in [-0.1, -0.05) is 0 Å². The van der Waals surface area contributed by atoms with Gasteiger partial charge in [-0.25, -0.2) is 8.42 Å². The van der Waals surface area contributed by atoms with Crippen molar-refractivity contribution in [1.82, 2.24) is 4.31 Å². The number of hydrogen-bond donors (Lipinski definition) is 2. The quantitative estimate of drug-likeness (QED) is 0.586. The van der Waals surface area contributed by atoms with Crippen molar-refractivity contribution in [2.24, 2.45) is 5.84 Å². The first-order valence-electron chi connectivity index (χ1n) is 5.47. The van der Waals surface area contributed by atoms with Crippen molar-refractivity contribution in [3.05, 3.63) is 24.3 Å². The monoisotopic (exact) mass is 273 g/mol. The Kier molecular flexibility index (Phi) is 5.09. The second kappa shape index (κ2) is 6.14. The molecule has 0 heterocycles. The number of rotatable bonds is 6. The molecular formula is C11H19N3O3S. The van der Waals surface area contributed by atoms with E-state index in [4.69, 9.17) is 10.6 Å². The van der Waals surface area contributed by atoms with E-state index < -0.39 is 10.0 Å². The average molecular weight is 273 g/mol. The predicted octanol–water partition coefficient (Wildman–Crippen LogP) is 0.628. The summed E-state index contributed by atoms with van der Waals surface area (Å²) in [6.07, 6.45) is 0. The van der Waals surface area contributed by atoms with Crippen LogP contribution in [0.15, 0.2) is 29.2 Å². The third-order valence-corrected chi connectivity index (χ3v) is 4.71. The van der Waals surface area contributed by atoms with Crippen LogP contribution >= 0.6 is 0 Å². The van der Waals surface area contributed by atoms with E-state index in [1.54, 1.807) is 26.2 Å². The van der Waals surface area contributed by atoms with Crippen LogP contribution in [0.1, 0.15) is 6.92 Å². The molecule has 102 valence electrons. The van der Waals surface area contributed by atoms with Gasteiger partial charge in [-0.15, -0.1) is 0 Å². The van der Waals surface area contributed by atoms with Crippen LogP contribution in [0, 0.1) is 0 Å². The average Bonchev–Trinajstić information content (AvgIpc) is 2.38. The molecule has 0 amide bonds. The minimum Gasteiger partial charge on any atom is -0.383 e. The molecule has 1 atom stereocenters. The van der Waals surface area contributed by atoms with E-state index in [0.717, 1.165) is 0 Å². The zero-order chi connectivity index (χ0) is 13.8. The van der Waals surface area contributed by atoms with Gasteiger partial charge in [-0.05, 0) is 31.2 Å². The van der Waals surface area contributed by atoms with Crippen LogP contribution in [-0.4, -0.2) is 39.5 Å². The molecule has 0 bridgehead atoms. The molecule has 6 nitrogen and oxygen atoms in total. The van der Waals surface area contributed by atoms with Gasteiger partial charge in [0.25, 0.3) is 0 Å². The highest BCUT2D eigenvalue weighted by Crippen LogP contribution is 2.18. The minimum atomic E-state index is -3.50. The number of likely N-dealkylation sites (N-methyl/N-ethyl adjacent to an activating group) is 1. The van der Waals surface area contributed by atoms with Crippen LogP contribution in [0.2, 0.25) is 0 Å². The Morgan fingerprint density at radius 2 is 1.94 bits per heavy atom. The maximum absolute atomic E-state index is 12.3. The molecule has 1 unspecified atom stereocenters. The molecular weight excluding hydrogens is 254 g/mol. The summed E-state index contributed by atoms with van der Waals surface area (Å²) < 4.78 is 30.8. The zero-order valence-corrected chi connectivity index (χ0v) is 11.6. The van der Waals surface area contributed by atoms with Crippen LogP contribution in [0.4, 0.5) is 5.69 Å². The summed E-state index contributed by atoms with van der Waals surface area (Å²) in [6.45, 7) is 2.13. The summed E-state index contributed by atoms with van der Waals surface area (Å²) >= 11 is 0. The third kappa shape index (κ3) is 3.20. The van der Waals surface area contributed by atoms with Crippen LogP contribution < -0.4 is 11.3 Å². The first kappa shape index (κ1) is 14.9. The highest BCUT2D eigenvalue weighted by molar-refractivity contribution is 7.89. The second-order valence-corrected chi connectivity index (χ2v) is 5.99. The van der Waals surface area contributed by atoms with Gasteiger partial charge >= 0.3 is 0 Å². The van der Waals surface area contributed by atoms with Gasteiger partial charge in [-0.3, -0.25) is 5.84 Å². The van der Waals surface area contributed by atoms with Gasteiger partial charge in [0, 0.05) is 25.9 Å². The highest BCUT2D eigenvalue weighted by atomic mass is 32.2. The van der Waals surface area contributed by atoms with Crippen molar-refractivity contribution in [3.63, 3.8) is 0 Å². The standard InChI is InChI=1S/C11H19N3O3S/c1-9(8-17-3)14(2)18(15,16)11-6-4-10(13-12)5-7-11/h4-7,9,13H,8,12H2,1-3H3. The number of hydrazine groups is 1.